The van der Waals surface area contributed by atoms with Gasteiger partial charge in [0.15, 0.2) is 0 Å². The van der Waals surface area contributed by atoms with Gasteiger partial charge in [-0.1, -0.05) is 6.07 Å². The average Bonchev–Trinajstić information content (AvgIpc) is 2.60. The quantitative estimate of drug-likeness (QED) is 0.899. The van der Waals surface area contributed by atoms with Crippen LogP contribution in [0.3, 0.4) is 0 Å². The molecule has 4 heteroatoms. The molecule has 0 unspecified atom stereocenters. The van der Waals surface area contributed by atoms with Crippen molar-refractivity contribution in [1.29, 1.82) is 0 Å². The molecule has 4 nitrogen and oxygen atoms in total. The van der Waals surface area contributed by atoms with E-state index in [2.05, 4.69) is 42.2 Å². The van der Waals surface area contributed by atoms with Gasteiger partial charge in [0.05, 0.1) is 12.2 Å². The van der Waals surface area contributed by atoms with Gasteiger partial charge < -0.3 is 5.32 Å². The monoisotopic (exact) mass is 244 g/mol. The summed E-state index contributed by atoms with van der Waals surface area (Å²) in [6.45, 7) is 9.98. The zero-order valence-corrected chi connectivity index (χ0v) is 11.5. The summed E-state index contributed by atoms with van der Waals surface area (Å²) in [5.74, 6) is 0.949. The molecule has 0 aliphatic rings. The summed E-state index contributed by atoms with van der Waals surface area (Å²) in [4.78, 5) is 4.37. The molecule has 2 aromatic heterocycles. The van der Waals surface area contributed by atoms with Gasteiger partial charge in [-0.05, 0) is 39.3 Å². The van der Waals surface area contributed by atoms with Gasteiger partial charge in [-0.25, -0.2) is 4.98 Å². The van der Waals surface area contributed by atoms with Crippen molar-refractivity contribution in [3.05, 3.63) is 40.8 Å². The Morgan fingerprint density at radius 1 is 1.28 bits per heavy atom. The Morgan fingerprint density at radius 2 is 2.06 bits per heavy atom. The largest absolute Gasteiger partial charge is 0.370 e. The molecule has 0 amide bonds. The molecule has 18 heavy (non-hydrogen) atoms. The summed E-state index contributed by atoms with van der Waals surface area (Å²) in [5, 5.41) is 7.85. The maximum atomic E-state index is 4.57. The molecule has 0 aliphatic heterocycles. The number of nitrogens with one attached hydrogen (secondary N) is 1. The van der Waals surface area contributed by atoms with Crippen LogP contribution in [0.25, 0.3) is 0 Å². The van der Waals surface area contributed by atoms with Crippen LogP contribution in [0.4, 0.5) is 5.82 Å². The maximum absolute atomic E-state index is 4.57. The van der Waals surface area contributed by atoms with Crippen molar-refractivity contribution in [2.45, 2.75) is 34.2 Å². The van der Waals surface area contributed by atoms with Crippen molar-refractivity contribution in [2.24, 2.45) is 0 Å². The van der Waals surface area contributed by atoms with Crippen LogP contribution < -0.4 is 5.32 Å². The van der Waals surface area contributed by atoms with Crippen LogP contribution in [-0.2, 0) is 6.54 Å². The lowest BCUT2D eigenvalue weighted by molar-refractivity contribution is 0.657. The zero-order valence-electron chi connectivity index (χ0n) is 11.5. The normalized spacial score (nSPS) is 10.7. The molecule has 1 N–H and O–H groups in total. The van der Waals surface area contributed by atoms with Crippen molar-refractivity contribution in [3.63, 3.8) is 0 Å². The maximum Gasteiger partial charge on any atom is 0.130 e. The lowest BCUT2D eigenvalue weighted by Crippen LogP contribution is -2.09. The molecular formula is C14H20N4. The molecule has 0 atom stereocenters. The molecule has 0 aromatic carbocycles. The minimum Gasteiger partial charge on any atom is -0.370 e. The Morgan fingerprint density at radius 3 is 2.67 bits per heavy atom. The predicted molar refractivity (Wildman–Crippen MR) is 73.9 cm³/mol. The molecule has 0 aliphatic carbocycles. The van der Waals surface area contributed by atoms with Crippen LogP contribution in [0, 0.1) is 20.8 Å². The molecule has 96 valence electrons. The zero-order chi connectivity index (χ0) is 13.1. The third kappa shape index (κ3) is 2.37. The van der Waals surface area contributed by atoms with Crippen molar-refractivity contribution in [3.8, 4) is 0 Å². The number of hydrogen-bond donors (Lipinski definition) is 1. The van der Waals surface area contributed by atoms with Crippen LogP contribution in [0.1, 0.15) is 29.4 Å². The molecule has 2 aromatic rings. The highest BCUT2D eigenvalue weighted by molar-refractivity contribution is 5.43. The lowest BCUT2D eigenvalue weighted by Gasteiger charge is -2.10. The SMILES string of the molecule is CCNc1ncccc1Cn1nc(C)c(C)c1C. The van der Waals surface area contributed by atoms with Crippen LogP contribution in [0.5, 0.6) is 0 Å². The molecular weight excluding hydrogens is 224 g/mol. The number of nitrogens with zero attached hydrogens (tertiary/aromatic N) is 3. The number of pyridine rings is 1. The van der Waals surface area contributed by atoms with E-state index in [1.165, 1.54) is 16.8 Å². The summed E-state index contributed by atoms with van der Waals surface area (Å²) in [7, 11) is 0. The van der Waals surface area contributed by atoms with Gasteiger partial charge in [0.2, 0.25) is 0 Å². The van der Waals surface area contributed by atoms with Crippen LogP contribution in [0.15, 0.2) is 18.3 Å². The summed E-state index contributed by atoms with van der Waals surface area (Å²) in [6, 6.07) is 4.06. The van der Waals surface area contributed by atoms with E-state index in [9.17, 15) is 0 Å². The van der Waals surface area contributed by atoms with E-state index >= 15 is 0 Å². The Bertz CT molecular complexity index is 543. The Kier molecular flexibility index (Phi) is 3.65. The van der Waals surface area contributed by atoms with Crippen LogP contribution in [0.2, 0.25) is 0 Å². The van der Waals surface area contributed by atoms with E-state index in [1.807, 2.05) is 23.9 Å². The summed E-state index contributed by atoms with van der Waals surface area (Å²) in [6.07, 6.45) is 1.81. The first-order valence-electron chi connectivity index (χ1n) is 6.31. The van der Waals surface area contributed by atoms with Gasteiger partial charge in [-0.15, -0.1) is 0 Å². The number of aryl methyl sites for hydroxylation is 1. The first-order chi connectivity index (χ1) is 8.63. The van der Waals surface area contributed by atoms with E-state index in [0.29, 0.717) is 0 Å². The Labute approximate surface area is 108 Å². The topological polar surface area (TPSA) is 42.7 Å². The van der Waals surface area contributed by atoms with Crippen molar-refractivity contribution in [1.82, 2.24) is 14.8 Å². The highest BCUT2D eigenvalue weighted by atomic mass is 15.3. The fourth-order valence-electron chi connectivity index (χ4n) is 1.99. The van der Waals surface area contributed by atoms with E-state index in [4.69, 9.17) is 0 Å². The molecule has 2 heterocycles. The Hall–Kier alpha value is -1.84. The molecule has 0 saturated carbocycles. The highest BCUT2D eigenvalue weighted by Crippen LogP contribution is 2.16. The Balaban J connectivity index is 2.31. The lowest BCUT2D eigenvalue weighted by atomic mass is 10.2. The summed E-state index contributed by atoms with van der Waals surface area (Å²) < 4.78 is 2.04. The van der Waals surface area contributed by atoms with Gasteiger partial charge in [0.1, 0.15) is 5.82 Å². The smallest absolute Gasteiger partial charge is 0.130 e. The fraction of sp³-hybridized carbons (Fsp3) is 0.429. The second-order valence-electron chi connectivity index (χ2n) is 4.49. The average molecular weight is 244 g/mol. The molecule has 2 rings (SSSR count). The molecule has 0 saturated heterocycles. The van der Waals surface area contributed by atoms with Gasteiger partial charge in [-0.3, -0.25) is 4.68 Å². The first kappa shape index (κ1) is 12.6. The van der Waals surface area contributed by atoms with E-state index in [-0.39, 0.29) is 0 Å². The molecule has 0 radical (unpaired) electrons. The molecule has 0 fully saturated rings. The van der Waals surface area contributed by atoms with E-state index in [1.54, 1.807) is 0 Å². The summed E-state index contributed by atoms with van der Waals surface area (Å²) >= 11 is 0. The number of hydrogen-bond acceptors (Lipinski definition) is 3. The highest BCUT2D eigenvalue weighted by Gasteiger charge is 2.09. The van der Waals surface area contributed by atoms with E-state index in [0.717, 1.165) is 24.6 Å². The minimum atomic E-state index is 0.761. The van der Waals surface area contributed by atoms with Gasteiger partial charge in [-0.2, -0.15) is 5.10 Å². The summed E-state index contributed by atoms with van der Waals surface area (Å²) in [5.41, 5.74) is 4.76. The van der Waals surface area contributed by atoms with Crippen molar-refractivity contribution >= 4 is 5.82 Å². The van der Waals surface area contributed by atoms with Gasteiger partial charge in [0.25, 0.3) is 0 Å². The number of anilines is 1. The third-order valence-corrected chi connectivity index (χ3v) is 3.30. The predicted octanol–water partition coefficient (Wildman–Crippen LogP) is 2.68. The first-order valence-corrected chi connectivity index (χ1v) is 6.31. The van der Waals surface area contributed by atoms with Crippen molar-refractivity contribution < 1.29 is 0 Å². The number of rotatable bonds is 4. The third-order valence-electron chi connectivity index (χ3n) is 3.30. The van der Waals surface area contributed by atoms with E-state index < -0.39 is 0 Å². The molecule has 0 bridgehead atoms. The van der Waals surface area contributed by atoms with Crippen molar-refractivity contribution in [2.75, 3.05) is 11.9 Å². The number of aromatic nitrogens is 3. The molecule has 0 spiro atoms. The van der Waals surface area contributed by atoms with Crippen LogP contribution >= 0.6 is 0 Å². The standard InChI is InChI=1S/C14H20N4/c1-5-15-14-13(7-6-8-16-14)9-18-12(4)10(2)11(3)17-18/h6-8H,5,9H2,1-4H3,(H,15,16). The van der Waals surface area contributed by atoms with Gasteiger partial charge in [0, 0.05) is 24.0 Å². The minimum absolute atomic E-state index is 0.761. The second-order valence-corrected chi connectivity index (χ2v) is 4.49. The fourth-order valence-corrected chi connectivity index (χ4v) is 1.99. The van der Waals surface area contributed by atoms with Crippen LogP contribution in [-0.4, -0.2) is 21.3 Å². The van der Waals surface area contributed by atoms with Gasteiger partial charge >= 0.3 is 0 Å². The second kappa shape index (κ2) is 5.21.